The number of rotatable bonds is 7. The third kappa shape index (κ3) is 4.95. The van der Waals surface area contributed by atoms with E-state index in [1.165, 1.54) is 0 Å². The fourth-order valence-electron chi connectivity index (χ4n) is 5.29. The monoisotopic (exact) mass is 510 g/mol. The van der Waals surface area contributed by atoms with E-state index in [1.54, 1.807) is 36.2 Å². The zero-order valence-electron chi connectivity index (χ0n) is 21.2. The van der Waals surface area contributed by atoms with Crippen LogP contribution in [0.15, 0.2) is 84.9 Å². The zero-order chi connectivity index (χ0) is 26.6. The van der Waals surface area contributed by atoms with Crippen LogP contribution in [0.1, 0.15) is 31.8 Å². The molecule has 0 aromatic heterocycles. The molecule has 2 aliphatic heterocycles. The molecule has 38 heavy (non-hydrogen) atoms. The van der Waals surface area contributed by atoms with E-state index in [1.807, 2.05) is 60.7 Å². The lowest BCUT2D eigenvalue weighted by Crippen LogP contribution is -2.57. The fourth-order valence-corrected chi connectivity index (χ4v) is 5.29. The molecule has 0 spiro atoms. The lowest BCUT2D eigenvalue weighted by Gasteiger charge is -2.33. The van der Waals surface area contributed by atoms with Crippen LogP contribution < -0.4 is 5.32 Å². The van der Waals surface area contributed by atoms with Crippen LogP contribution >= 0.6 is 0 Å². The van der Waals surface area contributed by atoms with Crippen LogP contribution in [0.3, 0.4) is 0 Å². The van der Waals surface area contributed by atoms with Gasteiger partial charge in [0.25, 0.3) is 11.8 Å². The summed E-state index contributed by atoms with van der Waals surface area (Å²) < 4.78 is 0. The summed E-state index contributed by atoms with van der Waals surface area (Å²) in [5.41, 5.74) is 2.56. The molecule has 1 N–H and O–H groups in total. The van der Waals surface area contributed by atoms with Crippen LogP contribution in [-0.4, -0.2) is 77.1 Å². The first-order valence-corrected chi connectivity index (χ1v) is 12.8. The van der Waals surface area contributed by atoms with Crippen molar-refractivity contribution in [1.82, 2.24) is 20.0 Å². The molecular weight excluding hydrogens is 480 g/mol. The number of likely N-dealkylation sites (N-methyl/N-ethyl adjacent to an activating group) is 1. The lowest BCUT2D eigenvalue weighted by molar-refractivity contribution is -0.142. The largest absolute Gasteiger partial charge is 0.357 e. The van der Waals surface area contributed by atoms with Crippen molar-refractivity contribution in [1.29, 1.82) is 0 Å². The maximum absolute atomic E-state index is 14.2. The Labute approximate surface area is 221 Å². The first kappa shape index (κ1) is 25.4. The van der Waals surface area contributed by atoms with Gasteiger partial charge in [-0.1, -0.05) is 72.8 Å². The highest BCUT2D eigenvalue weighted by atomic mass is 16.2. The van der Waals surface area contributed by atoms with Crippen LogP contribution in [0.25, 0.3) is 0 Å². The number of benzene rings is 3. The molecular formula is C30H30N4O4. The molecule has 0 saturated carbocycles. The molecule has 1 fully saturated rings. The fraction of sp³-hybridized carbons (Fsp3) is 0.267. The number of hydrogen-bond donors (Lipinski definition) is 1. The van der Waals surface area contributed by atoms with Gasteiger partial charge in [0.1, 0.15) is 12.1 Å². The SMILES string of the molecule is CNC(=O)C(Cc1ccccc1)N1CCN(Cc2ccccc2)CC(N2C(=O)c3ccccc3C2=O)C1=O. The van der Waals surface area contributed by atoms with Gasteiger partial charge in [-0.2, -0.15) is 0 Å². The van der Waals surface area contributed by atoms with Crippen LogP contribution in [0.2, 0.25) is 0 Å². The van der Waals surface area contributed by atoms with Crippen LogP contribution in [0, 0.1) is 0 Å². The number of carbonyl (C=O) groups excluding carboxylic acids is 4. The maximum Gasteiger partial charge on any atom is 0.262 e. The predicted molar refractivity (Wildman–Crippen MR) is 142 cm³/mol. The highest BCUT2D eigenvalue weighted by Gasteiger charge is 2.47. The number of nitrogens with zero attached hydrogens (tertiary/aromatic N) is 3. The van der Waals surface area contributed by atoms with Gasteiger partial charge < -0.3 is 10.2 Å². The highest BCUT2D eigenvalue weighted by molar-refractivity contribution is 6.23. The average molecular weight is 511 g/mol. The summed E-state index contributed by atoms with van der Waals surface area (Å²) in [6, 6.07) is 24.2. The predicted octanol–water partition coefficient (Wildman–Crippen LogP) is 2.35. The first-order chi connectivity index (χ1) is 18.5. The second-order valence-electron chi connectivity index (χ2n) is 9.61. The van der Waals surface area contributed by atoms with Gasteiger partial charge in [0.05, 0.1) is 11.1 Å². The third-order valence-electron chi connectivity index (χ3n) is 7.24. The molecule has 194 valence electrons. The van der Waals surface area contributed by atoms with Crippen LogP contribution in [0.5, 0.6) is 0 Å². The van der Waals surface area contributed by atoms with E-state index >= 15 is 0 Å². The average Bonchev–Trinajstić information content (AvgIpc) is 3.09. The Morgan fingerprint density at radius 2 is 1.37 bits per heavy atom. The van der Waals surface area contributed by atoms with Crippen molar-refractivity contribution >= 4 is 23.6 Å². The summed E-state index contributed by atoms with van der Waals surface area (Å²) in [5.74, 6) is -1.66. The van der Waals surface area contributed by atoms with Crippen molar-refractivity contribution in [3.8, 4) is 0 Å². The normalized spacial score (nSPS) is 18.8. The van der Waals surface area contributed by atoms with E-state index in [0.29, 0.717) is 30.6 Å². The number of fused-ring (bicyclic) bond motifs is 1. The van der Waals surface area contributed by atoms with Crippen molar-refractivity contribution in [2.24, 2.45) is 0 Å². The van der Waals surface area contributed by atoms with Crippen molar-refractivity contribution in [3.63, 3.8) is 0 Å². The summed E-state index contributed by atoms with van der Waals surface area (Å²) >= 11 is 0. The Kier molecular flexibility index (Phi) is 7.33. The molecule has 5 rings (SSSR count). The van der Waals surface area contributed by atoms with Crippen LogP contribution in [0.4, 0.5) is 0 Å². The number of imide groups is 1. The van der Waals surface area contributed by atoms with Gasteiger partial charge >= 0.3 is 0 Å². The first-order valence-electron chi connectivity index (χ1n) is 12.8. The third-order valence-corrected chi connectivity index (χ3v) is 7.24. The van der Waals surface area contributed by atoms with E-state index in [2.05, 4.69) is 10.2 Å². The molecule has 4 amide bonds. The summed E-state index contributed by atoms with van der Waals surface area (Å²) in [7, 11) is 1.55. The topological polar surface area (TPSA) is 90.0 Å². The Morgan fingerprint density at radius 1 is 0.816 bits per heavy atom. The molecule has 3 aromatic carbocycles. The summed E-state index contributed by atoms with van der Waals surface area (Å²) in [6.45, 7) is 1.51. The Morgan fingerprint density at radius 3 is 1.95 bits per heavy atom. The van der Waals surface area contributed by atoms with E-state index in [4.69, 9.17) is 0 Å². The van der Waals surface area contributed by atoms with Crippen LogP contribution in [-0.2, 0) is 22.6 Å². The minimum Gasteiger partial charge on any atom is -0.357 e. The van der Waals surface area contributed by atoms with E-state index < -0.39 is 29.8 Å². The van der Waals surface area contributed by atoms with Crippen molar-refractivity contribution < 1.29 is 19.2 Å². The minimum atomic E-state index is -1.06. The molecule has 2 heterocycles. The number of hydrogen-bond acceptors (Lipinski definition) is 5. The quantitative estimate of drug-likeness (QED) is 0.493. The Bertz CT molecular complexity index is 1310. The maximum atomic E-state index is 14.2. The van der Waals surface area contributed by atoms with Crippen molar-refractivity contribution in [2.45, 2.75) is 25.0 Å². The summed E-state index contributed by atoms with van der Waals surface area (Å²) in [5, 5.41) is 2.70. The summed E-state index contributed by atoms with van der Waals surface area (Å²) in [6.07, 6.45) is 0.319. The summed E-state index contributed by atoms with van der Waals surface area (Å²) in [4.78, 5) is 58.9. The Balaban J connectivity index is 1.51. The van der Waals surface area contributed by atoms with Crippen molar-refractivity contribution in [3.05, 3.63) is 107 Å². The molecule has 1 saturated heterocycles. The molecule has 0 aliphatic carbocycles. The van der Waals surface area contributed by atoms with Gasteiger partial charge in [-0.05, 0) is 23.3 Å². The zero-order valence-corrected chi connectivity index (χ0v) is 21.2. The van der Waals surface area contributed by atoms with Crippen molar-refractivity contribution in [2.75, 3.05) is 26.7 Å². The van der Waals surface area contributed by atoms with E-state index in [-0.39, 0.29) is 19.0 Å². The molecule has 3 aromatic rings. The second kappa shape index (κ2) is 11.0. The molecule has 8 nitrogen and oxygen atoms in total. The number of amides is 4. The van der Waals surface area contributed by atoms with E-state index in [9.17, 15) is 19.2 Å². The van der Waals surface area contributed by atoms with Gasteiger partial charge in [-0.3, -0.25) is 29.0 Å². The molecule has 0 bridgehead atoms. The van der Waals surface area contributed by atoms with E-state index in [0.717, 1.165) is 16.0 Å². The second-order valence-corrected chi connectivity index (χ2v) is 9.61. The molecule has 2 aliphatic rings. The van der Waals surface area contributed by atoms with Gasteiger partial charge in [0, 0.05) is 39.6 Å². The van der Waals surface area contributed by atoms with Gasteiger partial charge in [0.2, 0.25) is 11.8 Å². The number of carbonyl (C=O) groups is 4. The Hall–Kier alpha value is -4.30. The van der Waals surface area contributed by atoms with Gasteiger partial charge in [0.15, 0.2) is 0 Å². The lowest BCUT2D eigenvalue weighted by atomic mass is 10.0. The molecule has 0 radical (unpaired) electrons. The highest BCUT2D eigenvalue weighted by Crippen LogP contribution is 2.28. The minimum absolute atomic E-state index is 0.182. The molecule has 2 atom stereocenters. The molecule has 8 heteroatoms. The van der Waals surface area contributed by atoms with Gasteiger partial charge in [-0.25, -0.2) is 0 Å². The standard InChI is InChI=1S/C30H30N4O4/c1-31-27(35)25(18-21-10-4-2-5-11-21)33-17-16-32(19-22-12-6-3-7-13-22)20-26(30(33)38)34-28(36)23-14-8-9-15-24(23)29(34)37/h2-15,25-26H,16-20H2,1H3,(H,31,35). The van der Waals surface area contributed by atoms with Gasteiger partial charge in [-0.15, -0.1) is 0 Å². The number of nitrogens with one attached hydrogen (secondary N) is 1. The smallest absolute Gasteiger partial charge is 0.262 e. The molecule has 2 unspecified atom stereocenters.